The minimum atomic E-state index is 0.0668. The van der Waals surface area contributed by atoms with Crippen LogP contribution in [0.3, 0.4) is 0 Å². The van der Waals surface area contributed by atoms with Crippen molar-refractivity contribution in [1.29, 1.82) is 0 Å². The molecule has 0 spiro atoms. The summed E-state index contributed by atoms with van der Waals surface area (Å²) in [6.07, 6.45) is 3.55. The van der Waals surface area contributed by atoms with Crippen molar-refractivity contribution in [3.8, 4) is 10.6 Å². The Kier molecular flexibility index (Phi) is 5.08. The lowest BCUT2D eigenvalue weighted by Gasteiger charge is -2.34. The van der Waals surface area contributed by atoms with E-state index in [1.807, 2.05) is 58.1 Å². The molecule has 0 N–H and O–H groups in total. The number of aromatic nitrogens is 2. The van der Waals surface area contributed by atoms with E-state index in [4.69, 9.17) is 0 Å². The molecule has 0 aromatic carbocycles. The highest BCUT2D eigenvalue weighted by Crippen LogP contribution is 2.23. The Labute approximate surface area is 160 Å². The Morgan fingerprint density at radius 3 is 2.42 bits per heavy atom. The van der Waals surface area contributed by atoms with Crippen molar-refractivity contribution in [3.63, 3.8) is 0 Å². The molecule has 1 saturated heterocycles. The molecule has 0 aliphatic carbocycles. The SMILES string of the molecule is O=C(/C=C/c1cccs1)N1CCN(c2ccc(-c3cccs3)nn2)CC1. The van der Waals surface area contributed by atoms with Gasteiger partial charge in [-0.2, -0.15) is 0 Å². The summed E-state index contributed by atoms with van der Waals surface area (Å²) < 4.78 is 0. The van der Waals surface area contributed by atoms with Gasteiger partial charge in [-0.15, -0.1) is 32.9 Å². The van der Waals surface area contributed by atoms with Gasteiger partial charge in [-0.1, -0.05) is 12.1 Å². The van der Waals surface area contributed by atoms with Crippen molar-refractivity contribution in [2.24, 2.45) is 0 Å². The second kappa shape index (κ2) is 7.80. The molecule has 0 saturated carbocycles. The minimum absolute atomic E-state index is 0.0668. The van der Waals surface area contributed by atoms with Crippen LogP contribution >= 0.6 is 22.7 Å². The van der Waals surface area contributed by atoms with Crippen LogP contribution in [0.1, 0.15) is 4.88 Å². The average Bonchev–Trinajstić information content (AvgIpc) is 3.40. The van der Waals surface area contributed by atoms with Crippen molar-refractivity contribution in [3.05, 3.63) is 58.1 Å². The molecule has 4 heterocycles. The summed E-state index contributed by atoms with van der Waals surface area (Å²) in [7, 11) is 0. The summed E-state index contributed by atoms with van der Waals surface area (Å²) in [6, 6.07) is 12.1. The van der Waals surface area contributed by atoms with E-state index < -0.39 is 0 Å². The van der Waals surface area contributed by atoms with Crippen molar-refractivity contribution in [1.82, 2.24) is 15.1 Å². The molecule has 0 bridgehead atoms. The van der Waals surface area contributed by atoms with Crippen LogP contribution in [-0.2, 0) is 4.79 Å². The van der Waals surface area contributed by atoms with Crippen molar-refractivity contribution in [2.45, 2.75) is 0 Å². The first-order valence-electron chi connectivity index (χ1n) is 8.43. The van der Waals surface area contributed by atoms with Crippen molar-refractivity contribution in [2.75, 3.05) is 31.1 Å². The first-order chi connectivity index (χ1) is 12.8. The van der Waals surface area contributed by atoms with Crippen molar-refractivity contribution >= 4 is 40.5 Å². The summed E-state index contributed by atoms with van der Waals surface area (Å²) in [4.78, 5) is 18.6. The summed E-state index contributed by atoms with van der Waals surface area (Å²) in [5, 5.41) is 12.7. The molecule has 3 aromatic heterocycles. The van der Waals surface area contributed by atoms with E-state index in [1.54, 1.807) is 28.7 Å². The highest BCUT2D eigenvalue weighted by Gasteiger charge is 2.20. The lowest BCUT2D eigenvalue weighted by molar-refractivity contribution is -0.126. The number of carbonyl (C=O) groups is 1. The summed E-state index contributed by atoms with van der Waals surface area (Å²) in [6.45, 7) is 2.93. The van der Waals surface area contributed by atoms with Gasteiger partial charge in [0.1, 0.15) is 5.69 Å². The van der Waals surface area contributed by atoms with E-state index in [-0.39, 0.29) is 5.91 Å². The average molecular weight is 383 g/mol. The van der Waals surface area contributed by atoms with E-state index in [0.717, 1.165) is 34.4 Å². The molecule has 1 amide bonds. The predicted octanol–water partition coefficient (Wildman–Crippen LogP) is 3.63. The van der Waals surface area contributed by atoms with Gasteiger partial charge in [-0.05, 0) is 41.1 Å². The quantitative estimate of drug-likeness (QED) is 0.647. The lowest BCUT2D eigenvalue weighted by Crippen LogP contribution is -2.48. The summed E-state index contributed by atoms with van der Waals surface area (Å²) in [5.41, 5.74) is 0.899. The third kappa shape index (κ3) is 3.84. The predicted molar refractivity (Wildman–Crippen MR) is 107 cm³/mol. The third-order valence-corrected chi connectivity index (χ3v) is 6.00. The molecule has 3 aromatic rings. The number of carbonyl (C=O) groups excluding carboxylic acids is 1. The van der Waals surface area contributed by atoms with E-state index in [9.17, 15) is 4.79 Å². The number of rotatable bonds is 4. The first-order valence-corrected chi connectivity index (χ1v) is 10.2. The largest absolute Gasteiger partial charge is 0.352 e. The van der Waals surface area contributed by atoms with Gasteiger partial charge >= 0.3 is 0 Å². The van der Waals surface area contributed by atoms with Gasteiger partial charge in [-0.25, -0.2) is 0 Å². The highest BCUT2D eigenvalue weighted by molar-refractivity contribution is 7.13. The zero-order chi connectivity index (χ0) is 17.8. The maximum atomic E-state index is 12.3. The molecule has 132 valence electrons. The number of hydrogen-bond acceptors (Lipinski definition) is 6. The molecule has 1 aliphatic rings. The Bertz CT molecular complexity index is 865. The van der Waals surface area contributed by atoms with E-state index in [2.05, 4.69) is 15.1 Å². The number of nitrogens with zero attached hydrogens (tertiary/aromatic N) is 4. The van der Waals surface area contributed by atoms with Crippen LogP contribution < -0.4 is 4.90 Å². The highest BCUT2D eigenvalue weighted by atomic mass is 32.1. The van der Waals surface area contributed by atoms with E-state index in [0.29, 0.717) is 13.1 Å². The van der Waals surface area contributed by atoms with Gasteiger partial charge < -0.3 is 9.80 Å². The zero-order valence-electron chi connectivity index (χ0n) is 14.1. The lowest BCUT2D eigenvalue weighted by atomic mass is 10.2. The Balaban J connectivity index is 1.34. The maximum absolute atomic E-state index is 12.3. The standard InChI is InChI=1S/C19H18N4OS2/c24-19(8-5-15-3-1-13-25-15)23-11-9-22(10-12-23)18-7-6-16(20-21-18)17-4-2-14-26-17/h1-8,13-14H,9-12H2/b8-5+. The van der Waals surface area contributed by atoms with Crippen molar-refractivity contribution < 1.29 is 4.79 Å². The van der Waals surface area contributed by atoms with Crippen LogP contribution in [0.15, 0.2) is 53.2 Å². The molecular formula is C19H18N4OS2. The molecule has 26 heavy (non-hydrogen) atoms. The van der Waals surface area contributed by atoms with Crippen LogP contribution in [0.25, 0.3) is 16.6 Å². The second-order valence-corrected chi connectivity index (χ2v) is 7.84. The van der Waals surface area contributed by atoms with Crippen LogP contribution in [0.5, 0.6) is 0 Å². The fraction of sp³-hybridized carbons (Fsp3) is 0.211. The Morgan fingerprint density at radius 1 is 0.962 bits per heavy atom. The molecule has 1 aliphatic heterocycles. The van der Waals surface area contributed by atoms with Gasteiger partial charge in [0.2, 0.25) is 5.91 Å². The van der Waals surface area contributed by atoms with Crippen LogP contribution in [0.4, 0.5) is 5.82 Å². The zero-order valence-corrected chi connectivity index (χ0v) is 15.7. The minimum Gasteiger partial charge on any atom is -0.352 e. The number of amides is 1. The molecular weight excluding hydrogens is 364 g/mol. The van der Waals surface area contributed by atoms with Crippen LogP contribution in [0.2, 0.25) is 0 Å². The smallest absolute Gasteiger partial charge is 0.246 e. The molecule has 1 fully saturated rings. The topological polar surface area (TPSA) is 49.3 Å². The fourth-order valence-electron chi connectivity index (χ4n) is 2.85. The van der Waals surface area contributed by atoms with E-state index >= 15 is 0 Å². The Hall–Kier alpha value is -2.51. The van der Waals surface area contributed by atoms with Crippen LogP contribution in [0, 0.1) is 0 Å². The molecule has 0 atom stereocenters. The molecule has 4 rings (SSSR count). The van der Waals surface area contributed by atoms with Gasteiger partial charge in [0.15, 0.2) is 5.82 Å². The molecule has 5 nitrogen and oxygen atoms in total. The first kappa shape index (κ1) is 16.9. The number of thiophene rings is 2. The molecule has 0 radical (unpaired) electrons. The number of hydrogen-bond donors (Lipinski definition) is 0. The Morgan fingerprint density at radius 2 is 1.77 bits per heavy atom. The second-order valence-electron chi connectivity index (χ2n) is 5.92. The maximum Gasteiger partial charge on any atom is 0.246 e. The summed E-state index contributed by atoms with van der Waals surface area (Å²) >= 11 is 3.29. The van der Waals surface area contributed by atoms with Gasteiger partial charge in [0, 0.05) is 37.1 Å². The summed E-state index contributed by atoms with van der Waals surface area (Å²) in [5.74, 6) is 0.934. The van der Waals surface area contributed by atoms with E-state index in [1.165, 1.54) is 0 Å². The molecule has 7 heteroatoms. The monoisotopic (exact) mass is 382 g/mol. The molecule has 0 unspecified atom stereocenters. The van der Waals surface area contributed by atoms with Gasteiger partial charge in [0.05, 0.1) is 4.88 Å². The van der Waals surface area contributed by atoms with Gasteiger partial charge in [-0.3, -0.25) is 4.79 Å². The van der Waals surface area contributed by atoms with Crippen LogP contribution in [-0.4, -0.2) is 47.2 Å². The van der Waals surface area contributed by atoms with Gasteiger partial charge in [0.25, 0.3) is 0 Å². The normalized spacial score (nSPS) is 14.9. The fourth-order valence-corrected chi connectivity index (χ4v) is 4.16. The number of piperazine rings is 1. The third-order valence-electron chi connectivity index (χ3n) is 4.27. The number of anilines is 1.